The molecule has 23 heavy (non-hydrogen) atoms. The van der Waals surface area contributed by atoms with Crippen molar-refractivity contribution in [3.05, 3.63) is 41.7 Å². The quantitative estimate of drug-likeness (QED) is 0.852. The Kier molecular flexibility index (Phi) is 5.00. The van der Waals surface area contributed by atoms with E-state index in [-0.39, 0.29) is 11.8 Å². The maximum Gasteiger partial charge on any atom is 0.341 e. The number of hydrogen-bond acceptors (Lipinski definition) is 4. The maximum absolute atomic E-state index is 12.4. The van der Waals surface area contributed by atoms with Crippen molar-refractivity contribution < 1.29 is 19.4 Å². The second-order valence-electron chi connectivity index (χ2n) is 5.40. The summed E-state index contributed by atoms with van der Waals surface area (Å²) in [4.78, 5) is 24.3. The molecule has 1 aromatic carbocycles. The molecule has 2 aromatic rings. The smallest absolute Gasteiger partial charge is 0.341 e. The highest BCUT2D eigenvalue weighted by atomic mass is 16.5. The van der Waals surface area contributed by atoms with E-state index in [1.165, 1.54) is 4.90 Å². The molecule has 0 atom stereocenters. The fourth-order valence-corrected chi connectivity index (χ4v) is 1.94. The van der Waals surface area contributed by atoms with Gasteiger partial charge in [-0.25, -0.2) is 4.79 Å². The van der Waals surface area contributed by atoms with Crippen LogP contribution in [0.3, 0.4) is 0 Å². The van der Waals surface area contributed by atoms with Gasteiger partial charge in [-0.05, 0) is 36.2 Å². The van der Waals surface area contributed by atoms with Gasteiger partial charge in [-0.1, -0.05) is 13.8 Å². The number of hydrogen-bond donors (Lipinski definition) is 2. The summed E-state index contributed by atoms with van der Waals surface area (Å²) in [6, 6.07) is 8.35. The molecule has 0 bridgehead atoms. The van der Waals surface area contributed by atoms with E-state index >= 15 is 0 Å². The monoisotopic (exact) mass is 317 g/mol. The summed E-state index contributed by atoms with van der Waals surface area (Å²) in [5.74, 6) is -0.577. The van der Waals surface area contributed by atoms with Crippen LogP contribution < -0.4 is 9.64 Å². The third-order valence-corrected chi connectivity index (χ3v) is 3.33. The van der Waals surface area contributed by atoms with E-state index in [0.717, 1.165) is 5.69 Å². The van der Waals surface area contributed by atoms with Gasteiger partial charge >= 0.3 is 5.97 Å². The lowest BCUT2D eigenvalue weighted by molar-refractivity contribution is -0.139. The predicted molar refractivity (Wildman–Crippen MR) is 85.0 cm³/mol. The Morgan fingerprint density at radius 3 is 2.48 bits per heavy atom. The summed E-state index contributed by atoms with van der Waals surface area (Å²) in [7, 11) is 1.65. The molecule has 122 valence electrons. The summed E-state index contributed by atoms with van der Waals surface area (Å²) >= 11 is 0. The number of carbonyl (C=O) groups is 2. The van der Waals surface area contributed by atoms with Gasteiger partial charge in [-0.15, -0.1) is 0 Å². The van der Waals surface area contributed by atoms with Gasteiger partial charge in [0.25, 0.3) is 5.91 Å². The molecule has 0 saturated heterocycles. The van der Waals surface area contributed by atoms with Crippen LogP contribution in [0.4, 0.5) is 5.69 Å². The van der Waals surface area contributed by atoms with Crippen LogP contribution in [-0.4, -0.2) is 40.8 Å². The molecule has 0 spiro atoms. The Morgan fingerprint density at radius 2 is 1.96 bits per heavy atom. The van der Waals surface area contributed by atoms with E-state index in [1.807, 2.05) is 13.8 Å². The highest BCUT2D eigenvalue weighted by Crippen LogP contribution is 2.20. The number of carboxylic acid groups (broad SMARTS) is 1. The van der Waals surface area contributed by atoms with Gasteiger partial charge in [0.15, 0.2) is 12.3 Å². The van der Waals surface area contributed by atoms with Crippen molar-refractivity contribution in [2.24, 2.45) is 0 Å². The van der Waals surface area contributed by atoms with Gasteiger partial charge in [0, 0.05) is 18.4 Å². The van der Waals surface area contributed by atoms with Gasteiger partial charge in [0.1, 0.15) is 5.75 Å². The van der Waals surface area contributed by atoms with Crippen LogP contribution in [0, 0.1) is 0 Å². The molecule has 1 heterocycles. The molecule has 0 aliphatic rings. The van der Waals surface area contributed by atoms with Crippen LogP contribution in [0.1, 0.15) is 35.9 Å². The van der Waals surface area contributed by atoms with E-state index in [9.17, 15) is 9.59 Å². The number of nitrogens with one attached hydrogen (secondary N) is 1. The van der Waals surface area contributed by atoms with Crippen molar-refractivity contribution in [3.63, 3.8) is 0 Å². The first-order chi connectivity index (χ1) is 10.9. The molecule has 0 saturated carbocycles. The van der Waals surface area contributed by atoms with Gasteiger partial charge in [0.2, 0.25) is 0 Å². The molecule has 0 unspecified atom stereocenters. The largest absolute Gasteiger partial charge is 0.482 e. The molecular formula is C16H19N3O4. The fraction of sp³-hybridized carbons (Fsp3) is 0.312. The van der Waals surface area contributed by atoms with E-state index in [4.69, 9.17) is 9.84 Å². The Balaban J connectivity index is 2.07. The number of nitrogens with zero attached hydrogens (tertiary/aromatic N) is 2. The summed E-state index contributed by atoms with van der Waals surface area (Å²) in [5.41, 5.74) is 1.91. The molecule has 2 rings (SSSR count). The summed E-state index contributed by atoms with van der Waals surface area (Å²) in [5, 5.41) is 15.5. The number of aromatic nitrogens is 2. The molecule has 7 nitrogen and oxygen atoms in total. The molecule has 1 aromatic heterocycles. The first kappa shape index (κ1) is 16.5. The summed E-state index contributed by atoms with van der Waals surface area (Å²) in [6.07, 6.45) is 0. The van der Waals surface area contributed by atoms with Crippen LogP contribution in [0.2, 0.25) is 0 Å². The second kappa shape index (κ2) is 6.95. The van der Waals surface area contributed by atoms with Gasteiger partial charge in [0.05, 0.1) is 0 Å². The number of amides is 1. The summed E-state index contributed by atoms with van der Waals surface area (Å²) < 4.78 is 5.06. The average Bonchev–Trinajstić information content (AvgIpc) is 3.02. The van der Waals surface area contributed by atoms with Crippen molar-refractivity contribution in [1.29, 1.82) is 0 Å². The first-order valence-corrected chi connectivity index (χ1v) is 7.16. The minimum Gasteiger partial charge on any atom is -0.482 e. The maximum atomic E-state index is 12.4. The number of aromatic amines is 1. The second-order valence-corrected chi connectivity index (χ2v) is 5.40. The van der Waals surface area contributed by atoms with Gasteiger partial charge in [-0.2, -0.15) is 5.10 Å². The normalized spacial score (nSPS) is 10.6. The first-order valence-electron chi connectivity index (χ1n) is 7.16. The molecule has 0 aliphatic carbocycles. The topological polar surface area (TPSA) is 95.5 Å². The Morgan fingerprint density at radius 1 is 1.30 bits per heavy atom. The molecular weight excluding hydrogens is 298 g/mol. The number of carbonyl (C=O) groups excluding carboxylic acids is 1. The zero-order valence-electron chi connectivity index (χ0n) is 13.2. The van der Waals surface area contributed by atoms with E-state index < -0.39 is 12.6 Å². The van der Waals surface area contributed by atoms with Crippen molar-refractivity contribution in [3.8, 4) is 5.75 Å². The highest BCUT2D eigenvalue weighted by molar-refractivity contribution is 6.04. The lowest BCUT2D eigenvalue weighted by Gasteiger charge is -2.16. The minimum absolute atomic E-state index is 0.229. The van der Waals surface area contributed by atoms with Gasteiger partial charge < -0.3 is 14.7 Å². The van der Waals surface area contributed by atoms with Crippen LogP contribution in [0.5, 0.6) is 5.75 Å². The lowest BCUT2D eigenvalue weighted by atomic mass is 10.1. The van der Waals surface area contributed by atoms with Crippen molar-refractivity contribution in [1.82, 2.24) is 10.2 Å². The number of anilines is 1. The van der Waals surface area contributed by atoms with E-state index in [2.05, 4.69) is 10.2 Å². The third-order valence-electron chi connectivity index (χ3n) is 3.33. The van der Waals surface area contributed by atoms with Crippen LogP contribution in [0.25, 0.3) is 0 Å². The average molecular weight is 317 g/mol. The van der Waals surface area contributed by atoms with Crippen LogP contribution in [-0.2, 0) is 4.79 Å². The minimum atomic E-state index is -1.04. The number of carboxylic acids is 1. The van der Waals surface area contributed by atoms with Crippen LogP contribution in [0.15, 0.2) is 30.3 Å². The number of aliphatic carboxylic acids is 1. The zero-order chi connectivity index (χ0) is 17.0. The third kappa shape index (κ3) is 4.09. The standard InChI is InChI=1S/C16H19N3O4/c1-10(2)13-8-14(18-17-13)16(22)19(3)11-4-6-12(7-5-11)23-9-15(20)21/h4-8,10H,9H2,1-3H3,(H,17,18)(H,20,21). The molecule has 2 N–H and O–H groups in total. The molecule has 0 radical (unpaired) electrons. The zero-order valence-corrected chi connectivity index (χ0v) is 13.2. The Bertz CT molecular complexity index is 692. The van der Waals surface area contributed by atoms with E-state index in [1.54, 1.807) is 37.4 Å². The molecule has 1 amide bonds. The summed E-state index contributed by atoms with van der Waals surface area (Å²) in [6.45, 7) is 3.63. The molecule has 0 fully saturated rings. The SMILES string of the molecule is CC(C)c1cc(C(=O)N(C)c2ccc(OCC(=O)O)cc2)n[nH]1. The fourth-order valence-electron chi connectivity index (χ4n) is 1.94. The number of benzene rings is 1. The molecule has 0 aliphatic heterocycles. The number of ether oxygens (including phenoxy) is 1. The van der Waals surface area contributed by atoms with Crippen molar-refractivity contribution in [2.45, 2.75) is 19.8 Å². The van der Waals surface area contributed by atoms with Gasteiger partial charge in [-0.3, -0.25) is 9.89 Å². The Labute approximate surface area is 133 Å². The Hall–Kier alpha value is -2.83. The number of rotatable bonds is 6. The lowest BCUT2D eigenvalue weighted by Crippen LogP contribution is -2.26. The van der Waals surface area contributed by atoms with Crippen LogP contribution >= 0.6 is 0 Å². The van der Waals surface area contributed by atoms with Crippen molar-refractivity contribution >= 4 is 17.6 Å². The molecule has 7 heteroatoms. The number of H-pyrrole nitrogens is 1. The van der Waals surface area contributed by atoms with E-state index in [0.29, 0.717) is 17.1 Å². The van der Waals surface area contributed by atoms with Crippen molar-refractivity contribution in [2.75, 3.05) is 18.6 Å². The highest BCUT2D eigenvalue weighted by Gasteiger charge is 2.17. The predicted octanol–water partition coefficient (Wildman–Crippen LogP) is 2.27.